The molecule has 7 nitrogen and oxygen atoms in total. The lowest BCUT2D eigenvalue weighted by Crippen LogP contribution is -2.49. The van der Waals surface area contributed by atoms with E-state index in [0.717, 1.165) is 28.6 Å². The van der Waals surface area contributed by atoms with Crippen LogP contribution in [0.2, 0.25) is 0 Å². The van der Waals surface area contributed by atoms with E-state index >= 15 is 0 Å². The minimum absolute atomic E-state index is 0.0591. The van der Waals surface area contributed by atoms with E-state index in [-0.39, 0.29) is 11.8 Å². The molecular weight excluding hydrogens is 404 g/mol. The Hall–Kier alpha value is -3.45. The topological polar surface area (TPSA) is 74.8 Å². The quantitative estimate of drug-likeness (QED) is 0.581. The highest BCUT2D eigenvalue weighted by molar-refractivity contribution is 5.98. The number of aromatic nitrogens is 1. The summed E-state index contributed by atoms with van der Waals surface area (Å²) in [4.78, 5) is 33.7. The van der Waals surface area contributed by atoms with Gasteiger partial charge in [-0.1, -0.05) is 30.3 Å². The van der Waals surface area contributed by atoms with Gasteiger partial charge in [0.15, 0.2) is 0 Å². The highest BCUT2D eigenvalue weighted by Gasteiger charge is 2.23. The number of piperazine rings is 1. The van der Waals surface area contributed by atoms with Gasteiger partial charge >= 0.3 is 0 Å². The van der Waals surface area contributed by atoms with Gasteiger partial charge in [0, 0.05) is 58.2 Å². The standard InChI is InChI=1S/C25H28N4O3/c1-32-16-4-11-26-24(30)22-9-10-23(27-18-22)28-12-14-29(15-13-28)25(31)21-8-7-19-5-2-3-6-20(19)17-21/h2-3,5-10,17-18H,4,11-16H2,1H3,(H,26,30). The molecule has 2 amide bonds. The van der Waals surface area contributed by atoms with Crippen molar-refractivity contribution >= 4 is 28.4 Å². The molecule has 4 rings (SSSR count). The molecule has 7 heteroatoms. The van der Waals surface area contributed by atoms with E-state index in [4.69, 9.17) is 4.74 Å². The molecule has 0 radical (unpaired) electrons. The number of rotatable bonds is 7. The third-order valence-corrected chi connectivity index (χ3v) is 5.71. The normalized spacial score (nSPS) is 13.9. The van der Waals surface area contributed by atoms with Crippen LogP contribution in [-0.4, -0.2) is 68.1 Å². The van der Waals surface area contributed by atoms with E-state index in [1.807, 2.05) is 53.4 Å². The van der Waals surface area contributed by atoms with Gasteiger partial charge in [0.2, 0.25) is 0 Å². The lowest BCUT2D eigenvalue weighted by atomic mass is 10.1. The minimum Gasteiger partial charge on any atom is -0.385 e. The van der Waals surface area contributed by atoms with Crippen LogP contribution in [0.5, 0.6) is 0 Å². The van der Waals surface area contributed by atoms with Crippen molar-refractivity contribution in [3.8, 4) is 0 Å². The molecule has 0 bridgehead atoms. The second-order valence-electron chi connectivity index (χ2n) is 7.85. The summed E-state index contributed by atoms with van der Waals surface area (Å²) in [6.07, 6.45) is 2.38. The third kappa shape index (κ3) is 5.06. The average molecular weight is 433 g/mol. The highest BCUT2D eigenvalue weighted by atomic mass is 16.5. The number of anilines is 1. The zero-order chi connectivity index (χ0) is 22.3. The second-order valence-corrected chi connectivity index (χ2v) is 7.85. The summed E-state index contributed by atoms with van der Waals surface area (Å²) in [5.74, 6) is 0.744. The van der Waals surface area contributed by atoms with Gasteiger partial charge in [-0.3, -0.25) is 9.59 Å². The zero-order valence-electron chi connectivity index (χ0n) is 18.3. The molecule has 3 aromatic rings. The van der Waals surface area contributed by atoms with E-state index in [2.05, 4.69) is 15.2 Å². The fourth-order valence-electron chi connectivity index (χ4n) is 3.87. The number of carbonyl (C=O) groups is 2. The first-order valence-corrected chi connectivity index (χ1v) is 10.9. The molecule has 0 atom stereocenters. The van der Waals surface area contributed by atoms with Gasteiger partial charge in [0.1, 0.15) is 5.82 Å². The fraction of sp³-hybridized carbons (Fsp3) is 0.320. The first-order valence-electron chi connectivity index (χ1n) is 10.9. The Labute approximate surface area is 188 Å². The van der Waals surface area contributed by atoms with Crippen molar-refractivity contribution in [3.63, 3.8) is 0 Å². The summed E-state index contributed by atoms with van der Waals surface area (Å²) in [6.45, 7) is 3.86. The maximum absolute atomic E-state index is 13.0. The summed E-state index contributed by atoms with van der Waals surface area (Å²) in [7, 11) is 1.64. The lowest BCUT2D eigenvalue weighted by Gasteiger charge is -2.35. The summed E-state index contributed by atoms with van der Waals surface area (Å²) >= 11 is 0. The molecule has 0 aliphatic carbocycles. The van der Waals surface area contributed by atoms with Crippen LogP contribution in [0.3, 0.4) is 0 Å². The van der Waals surface area contributed by atoms with Gasteiger partial charge < -0.3 is 19.9 Å². The number of nitrogens with zero attached hydrogens (tertiary/aromatic N) is 3. The monoisotopic (exact) mass is 432 g/mol. The van der Waals surface area contributed by atoms with Crippen LogP contribution in [0.1, 0.15) is 27.1 Å². The van der Waals surface area contributed by atoms with E-state index in [0.29, 0.717) is 44.9 Å². The lowest BCUT2D eigenvalue weighted by molar-refractivity contribution is 0.0746. The van der Waals surface area contributed by atoms with Crippen molar-refractivity contribution in [2.75, 3.05) is 51.3 Å². The molecule has 166 valence electrons. The minimum atomic E-state index is -0.133. The van der Waals surface area contributed by atoms with Gasteiger partial charge in [0.05, 0.1) is 5.56 Å². The summed E-state index contributed by atoms with van der Waals surface area (Å²) < 4.78 is 4.98. The molecule has 0 saturated carbocycles. The van der Waals surface area contributed by atoms with E-state index < -0.39 is 0 Å². The van der Waals surface area contributed by atoms with Crippen LogP contribution in [-0.2, 0) is 4.74 Å². The Bertz CT molecular complexity index is 1080. The van der Waals surface area contributed by atoms with Gasteiger partial charge in [-0.25, -0.2) is 4.98 Å². The molecule has 1 saturated heterocycles. The Morgan fingerprint density at radius 2 is 1.72 bits per heavy atom. The Morgan fingerprint density at radius 1 is 0.969 bits per heavy atom. The number of pyridine rings is 1. The Balaban J connectivity index is 1.32. The number of ether oxygens (including phenoxy) is 1. The number of hydrogen-bond donors (Lipinski definition) is 1. The molecule has 0 spiro atoms. The number of methoxy groups -OCH3 is 1. The van der Waals surface area contributed by atoms with E-state index in [1.54, 1.807) is 19.4 Å². The molecule has 2 aromatic carbocycles. The molecule has 1 aromatic heterocycles. The van der Waals surface area contributed by atoms with Crippen LogP contribution < -0.4 is 10.2 Å². The van der Waals surface area contributed by atoms with Crippen molar-refractivity contribution in [3.05, 3.63) is 71.9 Å². The number of hydrogen-bond acceptors (Lipinski definition) is 5. The molecule has 1 aliphatic rings. The molecule has 32 heavy (non-hydrogen) atoms. The Morgan fingerprint density at radius 3 is 2.44 bits per heavy atom. The van der Waals surface area contributed by atoms with Crippen molar-refractivity contribution in [2.45, 2.75) is 6.42 Å². The molecule has 1 aliphatic heterocycles. The highest BCUT2D eigenvalue weighted by Crippen LogP contribution is 2.19. The largest absolute Gasteiger partial charge is 0.385 e. The second kappa shape index (κ2) is 10.2. The number of fused-ring (bicyclic) bond motifs is 1. The van der Waals surface area contributed by atoms with Crippen LogP contribution in [0.25, 0.3) is 10.8 Å². The van der Waals surface area contributed by atoms with Gasteiger partial charge in [-0.05, 0) is 41.5 Å². The first kappa shape index (κ1) is 21.8. The van der Waals surface area contributed by atoms with Crippen molar-refractivity contribution < 1.29 is 14.3 Å². The maximum atomic E-state index is 13.0. The number of amides is 2. The third-order valence-electron chi connectivity index (χ3n) is 5.71. The van der Waals surface area contributed by atoms with Crippen LogP contribution >= 0.6 is 0 Å². The smallest absolute Gasteiger partial charge is 0.253 e. The summed E-state index contributed by atoms with van der Waals surface area (Å²) in [6, 6.07) is 17.6. The van der Waals surface area contributed by atoms with Crippen LogP contribution in [0, 0.1) is 0 Å². The molecule has 2 heterocycles. The van der Waals surface area contributed by atoms with E-state index in [1.165, 1.54) is 0 Å². The fourth-order valence-corrected chi connectivity index (χ4v) is 3.87. The first-order chi connectivity index (χ1) is 15.7. The number of nitrogens with one attached hydrogen (secondary N) is 1. The van der Waals surface area contributed by atoms with Crippen molar-refractivity contribution in [1.82, 2.24) is 15.2 Å². The van der Waals surface area contributed by atoms with Crippen molar-refractivity contribution in [2.24, 2.45) is 0 Å². The van der Waals surface area contributed by atoms with Gasteiger partial charge in [-0.2, -0.15) is 0 Å². The van der Waals surface area contributed by atoms with E-state index in [9.17, 15) is 9.59 Å². The molecule has 1 N–H and O–H groups in total. The van der Waals surface area contributed by atoms with Gasteiger partial charge in [-0.15, -0.1) is 0 Å². The zero-order valence-corrected chi connectivity index (χ0v) is 18.3. The summed E-state index contributed by atoms with van der Waals surface area (Å²) in [5.41, 5.74) is 1.26. The van der Waals surface area contributed by atoms with Crippen molar-refractivity contribution in [1.29, 1.82) is 0 Å². The SMILES string of the molecule is COCCCNC(=O)c1ccc(N2CCN(C(=O)c3ccc4ccccc4c3)CC2)nc1. The number of benzene rings is 2. The molecule has 0 unspecified atom stereocenters. The average Bonchev–Trinajstić information content (AvgIpc) is 2.86. The summed E-state index contributed by atoms with van der Waals surface area (Å²) in [5, 5.41) is 5.07. The molecular formula is C25H28N4O3. The maximum Gasteiger partial charge on any atom is 0.253 e. The predicted molar refractivity (Wildman–Crippen MR) is 125 cm³/mol. The Kier molecular flexibility index (Phi) is 6.97. The predicted octanol–water partition coefficient (Wildman–Crippen LogP) is 2.96. The van der Waals surface area contributed by atoms with Crippen LogP contribution in [0.15, 0.2) is 60.8 Å². The number of carbonyl (C=O) groups excluding carboxylic acids is 2. The van der Waals surface area contributed by atoms with Crippen LogP contribution in [0.4, 0.5) is 5.82 Å². The van der Waals surface area contributed by atoms with Gasteiger partial charge in [0.25, 0.3) is 11.8 Å². The molecule has 1 fully saturated rings.